The molecular formula is C22H44N2. The number of piperidine rings is 1. The van der Waals surface area contributed by atoms with Crippen molar-refractivity contribution in [2.24, 2.45) is 17.3 Å². The Labute approximate surface area is 152 Å². The van der Waals surface area contributed by atoms with Gasteiger partial charge >= 0.3 is 0 Å². The van der Waals surface area contributed by atoms with Crippen molar-refractivity contribution < 1.29 is 0 Å². The molecule has 2 rings (SSSR count). The first-order valence-electron chi connectivity index (χ1n) is 10.4. The summed E-state index contributed by atoms with van der Waals surface area (Å²) in [7, 11) is 0. The average Bonchev–Trinajstić information content (AvgIpc) is 2.92. The van der Waals surface area contributed by atoms with Crippen LogP contribution in [0.3, 0.4) is 0 Å². The first-order valence-corrected chi connectivity index (χ1v) is 10.4. The number of rotatable bonds is 5. The molecule has 0 radical (unpaired) electrons. The van der Waals surface area contributed by atoms with Gasteiger partial charge in [0.25, 0.3) is 0 Å². The van der Waals surface area contributed by atoms with Gasteiger partial charge in [0.05, 0.1) is 0 Å². The zero-order valence-corrected chi connectivity index (χ0v) is 17.9. The average molecular weight is 337 g/mol. The Bertz CT molecular complexity index is 397. The van der Waals surface area contributed by atoms with Crippen LogP contribution in [0.25, 0.3) is 0 Å². The van der Waals surface area contributed by atoms with Crippen LogP contribution in [0, 0.1) is 17.3 Å². The summed E-state index contributed by atoms with van der Waals surface area (Å²) in [5.41, 5.74) is 1.18. The van der Waals surface area contributed by atoms with Gasteiger partial charge in [-0.1, -0.05) is 20.8 Å². The Morgan fingerprint density at radius 3 is 1.75 bits per heavy atom. The molecule has 0 amide bonds. The Balaban J connectivity index is 1.85. The van der Waals surface area contributed by atoms with Crippen molar-refractivity contribution in [1.29, 1.82) is 0 Å². The number of hydrogen-bond acceptors (Lipinski definition) is 2. The van der Waals surface area contributed by atoms with Crippen molar-refractivity contribution in [2.45, 2.75) is 98.6 Å². The quantitative estimate of drug-likeness (QED) is 0.661. The van der Waals surface area contributed by atoms with Gasteiger partial charge in [0.15, 0.2) is 0 Å². The van der Waals surface area contributed by atoms with E-state index >= 15 is 0 Å². The zero-order chi connectivity index (χ0) is 18.2. The summed E-state index contributed by atoms with van der Waals surface area (Å²) in [5, 5.41) is 0. The maximum atomic E-state index is 2.75. The van der Waals surface area contributed by atoms with Crippen molar-refractivity contribution in [3.05, 3.63) is 0 Å². The maximum Gasteiger partial charge on any atom is 0.0153 e. The number of hydrogen-bond donors (Lipinski definition) is 0. The molecule has 0 aromatic rings. The van der Waals surface area contributed by atoms with E-state index in [1.807, 2.05) is 0 Å². The molecule has 2 aliphatic rings. The summed E-state index contributed by atoms with van der Waals surface area (Å²) in [6, 6.07) is 0. The van der Waals surface area contributed by atoms with Gasteiger partial charge in [0, 0.05) is 17.6 Å². The second-order valence-electron chi connectivity index (χ2n) is 11.1. The molecule has 2 heterocycles. The zero-order valence-electron chi connectivity index (χ0n) is 17.9. The van der Waals surface area contributed by atoms with Gasteiger partial charge < -0.3 is 0 Å². The second-order valence-corrected chi connectivity index (χ2v) is 11.1. The first-order chi connectivity index (χ1) is 10.9. The lowest BCUT2D eigenvalue weighted by Gasteiger charge is -2.46. The Morgan fingerprint density at radius 2 is 1.29 bits per heavy atom. The van der Waals surface area contributed by atoms with E-state index in [-0.39, 0.29) is 0 Å². The van der Waals surface area contributed by atoms with E-state index in [9.17, 15) is 0 Å². The number of nitrogens with zero attached hydrogens (tertiary/aromatic N) is 2. The van der Waals surface area contributed by atoms with Gasteiger partial charge in [-0.25, -0.2) is 0 Å². The van der Waals surface area contributed by atoms with Crippen molar-refractivity contribution >= 4 is 0 Å². The monoisotopic (exact) mass is 336 g/mol. The Kier molecular flexibility index (Phi) is 6.13. The third-order valence-corrected chi connectivity index (χ3v) is 7.21. The topological polar surface area (TPSA) is 6.48 Å². The highest BCUT2D eigenvalue weighted by molar-refractivity contribution is 4.92. The molecule has 2 fully saturated rings. The van der Waals surface area contributed by atoms with E-state index in [4.69, 9.17) is 0 Å². The van der Waals surface area contributed by atoms with Crippen LogP contribution in [0.5, 0.6) is 0 Å². The van der Waals surface area contributed by atoms with Gasteiger partial charge in [0.1, 0.15) is 0 Å². The standard InChI is InChI=1S/C22H44N2/c1-18-9-14-24(17-18)22(7,8)13-12-21(5,6)19-10-15-23(16-11-19)20(2,3)4/h18-19H,9-17H2,1-8H3/t18-/m1/s1. The molecule has 0 aromatic carbocycles. The van der Waals surface area contributed by atoms with Crippen LogP contribution in [0.1, 0.15) is 87.5 Å². The summed E-state index contributed by atoms with van der Waals surface area (Å²) in [4.78, 5) is 5.42. The van der Waals surface area contributed by atoms with E-state index in [1.54, 1.807) is 0 Å². The van der Waals surface area contributed by atoms with Crippen LogP contribution in [-0.4, -0.2) is 47.1 Å². The van der Waals surface area contributed by atoms with Gasteiger partial charge in [-0.05, 0) is 104 Å². The molecule has 2 heteroatoms. The lowest BCUT2D eigenvalue weighted by molar-refractivity contribution is 0.0340. The summed E-state index contributed by atoms with van der Waals surface area (Å²) in [6.45, 7) is 24.7. The van der Waals surface area contributed by atoms with Crippen molar-refractivity contribution in [3.8, 4) is 0 Å². The maximum absolute atomic E-state index is 2.75. The van der Waals surface area contributed by atoms with E-state index in [0.717, 1.165) is 11.8 Å². The molecule has 0 aliphatic carbocycles. The number of likely N-dealkylation sites (tertiary alicyclic amines) is 2. The summed E-state index contributed by atoms with van der Waals surface area (Å²) >= 11 is 0. The van der Waals surface area contributed by atoms with E-state index in [0.29, 0.717) is 16.5 Å². The normalized spacial score (nSPS) is 26.2. The van der Waals surface area contributed by atoms with Crippen molar-refractivity contribution in [3.63, 3.8) is 0 Å². The minimum absolute atomic E-state index is 0.337. The van der Waals surface area contributed by atoms with Crippen LogP contribution in [0.2, 0.25) is 0 Å². The third-order valence-electron chi connectivity index (χ3n) is 7.21. The highest BCUT2D eigenvalue weighted by Crippen LogP contribution is 2.42. The molecule has 0 N–H and O–H groups in total. The summed E-state index contributed by atoms with van der Waals surface area (Å²) < 4.78 is 0. The molecule has 0 saturated carbocycles. The smallest absolute Gasteiger partial charge is 0.0153 e. The Morgan fingerprint density at radius 1 is 0.750 bits per heavy atom. The molecule has 0 unspecified atom stereocenters. The lowest BCUT2D eigenvalue weighted by Crippen LogP contribution is -2.48. The molecule has 1 atom stereocenters. The van der Waals surface area contributed by atoms with Crippen LogP contribution in [-0.2, 0) is 0 Å². The third kappa shape index (κ3) is 4.97. The molecule has 24 heavy (non-hydrogen) atoms. The highest BCUT2D eigenvalue weighted by Gasteiger charge is 2.38. The molecule has 2 aliphatic heterocycles. The summed E-state index contributed by atoms with van der Waals surface area (Å²) in [5.74, 6) is 1.78. The lowest BCUT2D eigenvalue weighted by atomic mass is 9.69. The minimum atomic E-state index is 0.337. The van der Waals surface area contributed by atoms with Crippen molar-refractivity contribution in [2.75, 3.05) is 26.2 Å². The molecule has 2 nitrogen and oxygen atoms in total. The van der Waals surface area contributed by atoms with Crippen LogP contribution in [0.4, 0.5) is 0 Å². The second kappa shape index (κ2) is 7.27. The molecule has 0 bridgehead atoms. The highest BCUT2D eigenvalue weighted by atomic mass is 15.2. The van der Waals surface area contributed by atoms with E-state index < -0.39 is 0 Å². The predicted octanol–water partition coefficient (Wildman–Crippen LogP) is 5.42. The SMILES string of the molecule is C[C@@H]1CCN(C(C)(C)CCC(C)(C)C2CCN(C(C)(C)C)CC2)C1. The first kappa shape index (κ1) is 20.2. The Hall–Kier alpha value is -0.0800. The fourth-order valence-electron chi connectivity index (χ4n) is 4.81. The van der Waals surface area contributed by atoms with Crippen molar-refractivity contribution in [1.82, 2.24) is 9.80 Å². The van der Waals surface area contributed by atoms with E-state index in [2.05, 4.69) is 65.2 Å². The van der Waals surface area contributed by atoms with Gasteiger partial charge in [-0.2, -0.15) is 0 Å². The fourth-order valence-corrected chi connectivity index (χ4v) is 4.81. The van der Waals surface area contributed by atoms with Crippen LogP contribution >= 0.6 is 0 Å². The van der Waals surface area contributed by atoms with Gasteiger partial charge in [-0.15, -0.1) is 0 Å². The fraction of sp³-hybridized carbons (Fsp3) is 1.00. The van der Waals surface area contributed by atoms with Crippen LogP contribution < -0.4 is 0 Å². The molecular weight excluding hydrogens is 292 g/mol. The predicted molar refractivity (Wildman–Crippen MR) is 106 cm³/mol. The van der Waals surface area contributed by atoms with Gasteiger partial charge in [0.2, 0.25) is 0 Å². The molecule has 0 spiro atoms. The van der Waals surface area contributed by atoms with E-state index in [1.165, 1.54) is 58.3 Å². The summed E-state index contributed by atoms with van der Waals surface area (Å²) in [6.07, 6.45) is 6.85. The minimum Gasteiger partial charge on any atom is -0.298 e. The van der Waals surface area contributed by atoms with Gasteiger partial charge in [-0.3, -0.25) is 9.80 Å². The molecule has 142 valence electrons. The largest absolute Gasteiger partial charge is 0.298 e. The van der Waals surface area contributed by atoms with Crippen LogP contribution in [0.15, 0.2) is 0 Å². The molecule has 2 saturated heterocycles. The molecule has 0 aromatic heterocycles.